The van der Waals surface area contributed by atoms with Gasteiger partial charge in [0.05, 0.1) is 5.75 Å². The van der Waals surface area contributed by atoms with E-state index in [0.717, 1.165) is 0 Å². The van der Waals surface area contributed by atoms with Gasteiger partial charge in [-0.3, -0.25) is 14.2 Å². The van der Waals surface area contributed by atoms with Crippen LogP contribution in [0.3, 0.4) is 0 Å². The summed E-state index contributed by atoms with van der Waals surface area (Å²) in [7, 11) is 0. The lowest BCUT2D eigenvalue weighted by Crippen LogP contribution is -2.50. The molecule has 0 spiro atoms. The van der Waals surface area contributed by atoms with E-state index in [9.17, 15) is 18.4 Å². The summed E-state index contributed by atoms with van der Waals surface area (Å²) < 4.78 is 28.6. The lowest BCUT2D eigenvalue weighted by molar-refractivity contribution is -0.136. The van der Waals surface area contributed by atoms with E-state index in [1.54, 1.807) is 38.6 Å². The molecule has 0 aliphatic carbocycles. The molecule has 32 heavy (non-hydrogen) atoms. The second kappa shape index (κ2) is 9.47. The minimum atomic E-state index is -0.376. The van der Waals surface area contributed by atoms with Crippen molar-refractivity contribution in [3.8, 4) is 17.1 Å². The molecule has 0 bridgehead atoms. The van der Waals surface area contributed by atoms with Gasteiger partial charge < -0.3 is 9.80 Å². The Kier molecular flexibility index (Phi) is 6.50. The molecule has 4 rings (SSSR count). The van der Waals surface area contributed by atoms with Crippen molar-refractivity contribution in [3.63, 3.8) is 0 Å². The van der Waals surface area contributed by atoms with Gasteiger partial charge in [0, 0.05) is 44.4 Å². The number of rotatable bonds is 5. The molecule has 2 heterocycles. The van der Waals surface area contributed by atoms with E-state index in [1.807, 2.05) is 0 Å². The Hall–Kier alpha value is -3.27. The highest BCUT2D eigenvalue weighted by molar-refractivity contribution is 7.99. The van der Waals surface area contributed by atoms with E-state index in [2.05, 4.69) is 10.2 Å². The summed E-state index contributed by atoms with van der Waals surface area (Å²) in [6, 6.07) is 11.7. The zero-order chi connectivity index (χ0) is 22.7. The number of carbonyl (C=O) groups excluding carboxylic acids is 2. The summed E-state index contributed by atoms with van der Waals surface area (Å²) in [5.74, 6) is -0.196. The Morgan fingerprint density at radius 1 is 0.875 bits per heavy atom. The van der Waals surface area contributed by atoms with Crippen molar-refractivity contribution in [2.75, 3.05) is 31.9 Å². The van der Waals surface area contributed by atoms with Crippen LogP contribution >= 0.6 is 11.8 Å². The largest absolute Gasteiger partial charge is 0.339 e. The molecule has 7 nitrogen and oxygen atoms in total. The van der Waals surface area contributed by atoms with Crippen LogP contribution in [0.1, 0.15) is 6.92 Å². The molecule has 0 saturated carbocycles. The Balaban J connectivity index is 1.55. The van der Waals surface area contributed by atoms with Gasteiger partial charge >= 0.3 is 0 Å². The second-order valence-corrected chi connectivity index (χ2v) is 8.24. The first-order chi connectivity index (χ1) is 15.4. The number of halogens is 2. The van der Waals surface area contributed by atoms with Gasteiger partial charge in [0.1, 0.15) is 11.6 Å². The fourth-order valence-electron chi connectivity index (χ4n) is 3.46. The van der Waals surface area contributed by atoms with Crippen LogP contribution in [0.4, 0.5) is 8.78 Å². The lowest BCUT2D eigenvalue weighted by Gasteiger charge is -2.34. The monoisotopic (exact) mass is 457 g/mol. The van der Waals surface area contributed by atoms with E-state index in [-0.39, 0.29) is 29.2 Å². The minimum absolute atomic E-state index is 0.00666. The summed E-state index contributed by atoms with van der Waals surface area (Å²) in [4.78, 5) is 27.6. The molecule has 0 N–H and O–H groups in total. The lowest BCUT2D eigenvalue weighted by atomic mass is 10.2. The quantitative estimate of drug-likeness (QED) is 0.551. The number of amides is 2. The highest BCUT2D eigenvalue weighted by Crippen LogP contribution is 2.28. The maximum absolute atomic E-state index is 13.5. The zero-order valence-corrected chi connectivity index (χ0v) is 18.2. The van der Waals surface area contributed by atoms with Gasteiger partial charge in [-0.25, -0.2) is 8.78 Å². The molecule has 1 aromatic heterocycles. The molecule has 10 heteroatoms. The molecule has 0 atom stereocenters. The molecule has 2 amide bonds. The van der Waals surface area contributed by atoms with Gasteiger partial charge in [-0.15, -0.1) is 10.2 Å². The van der Waals surface area contributed by atoms with Gasteiger partial charge in [-0.05, 0) is 48.5 Å². The zero-order valence-electron chi connectivity index (χ0n) is 17.4. The van der Waals surface area contributed by atoms with Crippen LogP contribution in [0, 0.1) is 11.6 Å². The number of hydrogen-bond donors (Lipinski definition) is 0. The van der Waals surface area contributed by atoms with Crippen molar-refractivity contribution in [2.45, 2.75) is 12.1 Å². The first kappa shape index (κ1) is 21.9. The third-order valence-corrected chi connectivity index (χ3v) is 6.14. The molecule has 1 aliphatic rings. The van der Waals surface area contributed by atoms with Crippen LogP contribution in [-0.2, 0) is 9.59 Å². The fraction of sp³-hybridized carbons (Fsp3) is 0.273. The maximum Gasteiger partial charge on any atom is 0.233 e. The van der Waals surface area contributed by atoms with Crippen LogP contribution in [0.2, 0.25) is 0 Å². The standard InChI is InChI=1S/C22H21F2N5O2S/c1-15(30)27-10-12-28(13-11-27)20(31)14-32-22-26-25-21(16-2-4-17(23)5-3-16)29(22)19-8-6-18(24)7-9-19/h2-9H,10-14H2,1H3. The van der Waals surface area contributed by atoms with E-state index >= 15 is 0 Å². The van der Waals surface area contributed by atoms with E-state index in [4.69, 9.17) is 0 Å². The fourth-order valence-corrected chi connectivity index (χ4v) is 4.32. The average Bonchev–Trinajstić information content (AvgIpc) is 3.22. The average molecular weight is 458 g/mol. The summed E-state index contributed by atoms with van der Waals surface area (Å²) in [6.07, 6.45) is 0. The molecule has 0 unspecified atom stereocenters. The maximum atomic E-state index is 13.5. The van der Waals surface area contributed by atoms with Crippen molar-refractivity contribution in [1.82, 2.24) is 24.6 Å². The number of nitrogens with zero attached hydrogens (tertiary/aromatic N) is 5. The smallest absolute Gasteiger partial charge is 0.233 e. The van der Waals surface area contributed by atoms with E-state index in [0.29, 0.717) is 48.4 Å². The van der Waals surface area contributed by atoms with E-state index < -0.39 is 0 Å². The Bertz CT molecular complexity index is 1110. The first-order valence-corrected chi connectivity index (χ1v) is 11.0. The van der Waals surface area contributed by atoms with Gasteiger partial charge in [-0.1, -0.05) is 11.8 Å². The number of thioether (sulfide) groups is 1. The van der Waals surface area contributed by atoms with Crippen LogP contribution in [0.15, 0.2) is 53.7 Å². The summed E-state index contributed by atoms with van der Waals surface area (Å²) in [6.45, 7) is 3.54. The molecule has 1 saturated heterocycles. The molecular formula is C22H21F2N5O2S. The van der Waals surface area contributed by atoms with E-state index in [1.165, 1.54) is 43.0 Å². The third-order valence-electron chi connectivity index (χ3n) is 5.22. The van der Waals surface area contributed by atoms with Crippen molar-refractivity contribution >= 4 is 23.6 Å². The molecule has 3 aromatic rings. The number of benzene rings is 2. The predicted octanol–water partition coefficient (Wildman–Crippen LogP) is 3.00. The number of carbonyl (C=O) groups is 2. The van der Waals surface area contributed by atoms with Crippen molar-refractivity contribution in [3.05, 3.63) is 60.2 Å². The minimum Gasteiger partial charge on any atom is -0.339 e. The van der Waals surface area contributed by atoms with Crippen molar-refractivity contribution < 1.29 is 18.4 Å². The van der Waals surface area contributed by atoms with Crippen molar-refractivity contribution in [2.24, 2.45) is 0 Å². The Morgan fingerprint density at radius 3 is 2.03 bits per heavy atom. The molecule has 1 aliphatic heterocycles. The highest BCUT2D eigenvalue weighted by Gasteiger charge is 2.24. The summed E-state index contributed by atoms with van der Waals surface area (Å²) in [5.41, 5.74) is 1.27. The van der Waals surface area contributed by atoms with Gasteiger partial charge in [-0.2, -0.15) is 0 Å². The van der Waals surface area contributed by atoms with Crippen LogP contribution in [-0.4, -0.2) is 68.3 Å². The Labute approximate surface area is 188 Å². The third kappa shape index (κ3) is 4.80. The normalized spacial score (nSPS) is 14.0. The first-order valence-electron chi connectivity index (χ1n) is 10.1. The Morgan fingerprint density at radius 2 is 1.44 bits per heavy atom. The van der Waals surface area contributed by atoms with Gasteiger partial charge in [0.25, 0.3) is 0 Å². The SMILES string of the molecule is CC(=O)N1CCN(C(=O)CSc2nnc(-c3ccc(F)cc3)n2-c2ccc(F)cc2)CC1. The van der Waals surface area contributed by atoms with Crippen LogP contribution in [0.5, 0.6) is 0 Å². The summed E-state index contributed by atoms with van der Waals surface area (Å²) >= 11 is 1.22. The van der Waals surface area contributed by atoms with Gasteiger partial charge in [0.15, 0.2) is 11.0 Å². The molecule has 0 radical (unpaired) electrons. The number of hydrogen-bond acceptors (Lipinski definition) is 5. The predicted molar refractivity (Wildman–Crippen MR) is 116 cm³/mol. The van der Waals surface area contributed by atoms with Crippen LogP contribution < -0.4 is 0 Å². The van der Waals surface area contributed by atoms with Crippen LogP contribution in [0.25, 0.3) is 17.1 Å². The van der Waals surface area contributed by atoms with Crippen molar-refractivity contribution in [1.29, 1.82) is 0 Å². The summed E-state index contributed by atoms with van der Waals surface area (Å²) in [5, 5.41) is 8.94. The topological polar surface area (TPSA) is 71.3 Å². The molecular weight excluding hydrogens is 436 g/mol. The molecule has 2 aromatic carbocycles. The highest BCUT2D eigenvalue weighted by atomic mass is 32.2. The number of piperazine rings is 1. The van der Waals surface area contributed by atoms with Gasteiger partial charge in [0.2, 0.25) is 11.8 Å². The second-order valence-electron chi connectivity index (χ2n) is 7.30. The number of aromatic nitrogens is 3. The molecule has 1 fully saturated rings. The molecule has 166 valence electrons.